The molecule has 0 atom stereocenters. The van der Waals surface area contributed by atoms with E-state index < -0.39 is 0 Å². The van der Waals surface area contributed by atoms with Gasteiger partial charge in [-0.05, 0) is 44.2 Å². The Morgan fingerprint density at radius 1 is 1.17 bits per heavy atom. The topological polar surface area (TPSA) is 63.0 Å². The molecule has 6 nitrogen and oxygen atoms in total. The fourth-order valence-electron chi connectivity index (χ4n) is 2.98. The third-order valence-corrected chi connectivity index (χ3v) is 4.36. The summed E-state index contributed by atoms with van der Waals surface area (Å²) in [6.07, 6.45) is 0. The molecule has 2 aromatic rings. The summed E-state index contributed by atoms with van der Waals surface area (Å²) in [6.45, 7) is 6.93. The molecule has 3 rings (SSSR count). The predicted molar refractivity (Wildman–Crippen MR) is 91.5 cm³/mol. The van der Waals surface area contributed by atoms with Gasteiger partial charge in [-0.3, -0.25) is 4.79 Å². The summed E-state index contributed by atoms with van der Waals surface area (Å²) in [5.41, 5.74) is 1.80. The van der Waals surface area contributed by atoms with Gasteiger partial charge in [0.05, 0.1) is 5.39 Å². The lowest BCUT2D eigenvalue weighted by molar-refractivity contribution is -0.134. The number of carbonyl (C=O) groups excluding carboxylic acids is 1. The normalized spacial score (nSPS) is 15.7. The van der Waals surface area contributed by atoms with Crippen molar-refractivity contribution < 1.29 is 13.9 Å². The minimum Gasteiger partial charge on any atom is -0.483 e. The maximum absolute atomic E-state index is 12.3. The van der Waals surface area contributed by atoms with Crippen LogP contribution in [-0.2, 0) is 4.79 Å². The molecule has 0 aliphatic carbocycles. The lowest BCUT2D eigenvalue weighted by atomic mass is 10.1. The fourth-order valence-corrected chi connectivity index (χ4v) is 2.98. The highest BCUT2D eigenvalue weighted by molar-refractivity contribution is 5.88. The highest BCUT2D eigenvalue weighted by Crippen LogP contribution is 2.29. The molecule has 1 fully saturated rings. The lowest BCUT2D eigenvalue weighted by Gasteiger charge is -2.32. The summed E-state index contributed by atoms with van der Waals surface area (Å²) in [7, 11) is 2.05. The number of rotatable bonds is 3. The summed E-state index contributed by atoms with van der Waals surface area (Å²) in [5.74, 6) is 0.557. The molecule has 128 valence electrons. The summed E-state index contributed by atoms with van der Waals surface area (Å²) < 4.78 is 11.1. The molecule has 1 aromatic heterocycles. The number of carbonyl (C=O) groups is 1. The monoisotopic (exact) mass is 330 g/mol. The number of nitrogens with zero attached hydrogens (tertiary/aromatic N) is 2. The van der Waals surface area contributed by atoms with Crippen molar-refractivity contribution in [2.45, 2.75) is 13.8 Å². The standard InChI is InChI=1S/C18H22N2O4/c1-12-8-14(18-13(2)10-17(22)24-15(18)9-12)23-11-16(21)20-6-4-19(3)5-7-20/h8-10H,4-7,11H2,1-3H3. The van der Waals surface area contributed by atoms with Crippen LogP contribution < -0.4 is 10.4 Å². The SMILES string of the molecule is Cc1cc(OCC(=O)N2CCN(C)CC2)c2c(C)cc(=O)oc2c1. The van der Waals surface area contributed by atoms with Crippen LogP contribution in [0.2, 0.25) is 0 Å². The smallest absolute Gasteiger partial charge is 0.336 e. The van der Waals surface area contributed by atoms with Crippen molar-refractivity contribution in [3.8, 4) is 5.75 Å². The third kappa shape index (κ3) is 3.43. The number of fused-ring (bicyclic) bond motifs is 1. The summed E-state index contributed by atoms with van der Waals surface area (Å²) in [5, 5.41) is 0.742. The van der Waals surface area contributed by atoms with Crippen LogP contribution in [0, 0.1) is 13.8 Å². The highest BCUT2D eigenvalue weighted by atomic mass is 16.5. The largest absolute Gasteiger partial charge is 0.483 e. The minimum absolute atomic E-state index is 0.0131. The van der Waals surface area contributed by atoms with Crippen LogP contribution in [0.15, 0.2) is 27.4 Å². The van der Waals surface area contributed by atoms with Crippen LogP contribution in [0.3, 0.4) is 0 Å². The first-order valence-electron chi connectivity index (χ1n) is 8.08. The van der Waals surface area contributed by atoms with Crippen LogP contribution in [0.1, 0.15) is 11.1 Å². The van der Waals surface area contributed by atoms with Crippen molar-refractivity contribution >= 4 is 16.9 Å². The molecule has 2 heterocycles. The maximum Gasteiger partial charge on any atom is 0.336 e. The minimum atomic E-state index is -0.384. The van der Waals surface area contributed by atoms with Crippen molar-refractivity contribution in [3.05, 3.63) is 39.7 Å². The molecule has 0 N–H and O–H groups in total. The van der Waals surface area contributed by atoms with E-state index in [2.05, 4.69) is 4.90 Å². The van der Waals surface area contributed by atoms with E-state index >= 15 is 0 Å². The molecule has 0 bridgehead atoms. The molecule has 24 heavy (non-hydrogen) atoms. The molecular weight excluding hydrogens is 308 g/mol. The number of piperazine rings is 1. The van der Waals surface area contributed by atoms with Crippen LogP contribution in [0.25, 0.3) is 11.0 Å². The quantitative estimate of drug-likeness (QED) is 0.799. The van der Waals surface area contributed by atoms with E-state index in [-0.39, 0.29) is 18.1 Å². The zero-order chi connectivity index (χ0) is 17.3. The van der Waals surface area contributed by atoms with Gasteiger partial charge in [0.25, 0.3) is 5.91 Å². The van der Waals surface area contributed by atoms with Crippen LogP contribution in [-0.4, -0.2) is 55.5 Å². The fraction of sp³-hybridized carbons (Fsp3) is 0.444. The Kier molecular flexibility index (Phi) is 4.57. The number of hydrogen-bond acceptors (Lipinski definition) is 5. The van der Waals surface area contributed by atoms with E-state index in [4.69, 9.17) is 9.15 Å². The molecular formula is C18H22N2O4. The lowest BCUT2D eigenvalue weighted by Crippen LogP contribution is -2.48. The Hall–Kier alpha value is -2.34. The van der Waals surface area contributed by atoms with Crippen LogP contribution in [0.5, 0.6) is 5.75 Å². The van der Waals surface area contributed by atoms with E-state index in [0.29, 0.717) is 11.3 Å². The van der Waals surface area contributed by atoms with Gasteiger partial charge in [-0.25, -0.2) is 4.79 Å². The zero-order valence-corrected chi connectivity index (χ0v) is 14.3. The van der Waals surface area contributed by atoms with E-state index in [9.17, 15) is 9.59 Å². The van der Waals surface area contributed by atoms with Crippen molar-refractivity contribution in [2.24, 2.45) is 0 Å². The molecule has 0 radical (unpaired) electrons. The molecule has 0 spiro atoms. The van der Waals surface area contributed by atoms with Gasteiger partial charge in [0, 0.05) is 32.2 Å². The van der Waals surface area contributed by atoms with Crippen molar-refractivity contribution in [2.75, 3.05) is 39.8 Å². The van der Waals surface area contributed by atoms with Gasteiger partial charge in [0.15, 0.2) is 6.61 Å². The van der Waals surface area contributed by atoms with E-state index in [1.807, 2.05) is 31.9 Å². The summed E-state index contributed by atoms with van der Waals surface area (Å²) in [6, 6.07) is 5.11. The Labute approximate surface area is 140 Å². The Balaban J connectivity index is 1.80. The average molecular weight is 330 g/mol. The molecule has 1 aromatic carbocycles. The number of likely N-dealkylation sites (N-methyl/N-ethyl adjacent to an activating group) is 1. The second kappa shape index (κ2) is 6.65. The first-order valence-corrected chi connectivity index (χ1v) is 8.08. The van der Waals surface area contributed by atoms with E-state index in [1.54, 1.807) is 6.07 Å². The van der Waals surface area contributed by atoms with Gasteiger partial charge in [-0.1, -0.05) is 0 Å². The van der Waals surface area contributed by atoms with Gasteiger partial charge in [-0.2, -0.15) is 0 Å². The van der Waals surface area contributed by atoms with Gasteiger partial charge in [0.2, 0.25) is 0 Å². The molecule has 6 heteroatoms. The molecule has 0 unspecified atom stereocenters. The van der Waals surface area contributed by atoms with Gasteiger partial charge in [0.1, 0.15) is 11.3 Å². The van der Waals surface area contributed by atoms with Crippen LogP contribution >= 0.6 is 0 Å². The Morgan fingerprint density at radius 2 is 1.88 bits per heavy atom. The molecule has 0 saturated carbocycles. The highest BCUT2D eigenvalue weighted by Gasteiger charge is 2.20. The number of aryl methyl sites for hydroxylation is 2. The molecule has 1 amide bonds. The van der Waals surface area contributed by atoms with Crippen molar-refractivity contribution in [3.63, 3.8) is 0 Å². The van der Waals surface area contributed by atoms with Crippen molar-refractivity contribution in [1.82, 2.24) is 9.80 Å². The molecule has 1 aliphatic rings. The van der Waals surface area contributed by atoms with Gasteiger partial charge >= 0.3 is 5.63 Å². The van der Waals surface area contributed by atoms with Crippen LogP contribution in [0.4, 0.5) is 0 Å². The summed E-state index contributed by atoms with van der Waals surface area (Å²) in [4.78, 5) is 27.9. The summed E-state index contributed by atoms with van der Waals surface area (Å²) >= 11 is 0. The number of hydrogen-bond donors (Lipinski definition) is 0. The molecule has 1 aliphatic heterocycles. The Bertz CT molecular complexity index is 820. The van der Waals surface area contributed by atoms with Crippen molar-refractivity contribution in [1.29, 1.82) is 0 Å². The first-order chi connectivity index (χ1) is 11.4. The first kappa shape index (κ1) is 16.5. The Morgan fingerprint density at radius 3 is 2.58 bits per heavy atom. The number of ether oxygens (including phenoxy) is 1. The maximum atomic E-state index is 12.3. The van der Waals surface area contributed by atoms with E-state index in [0.717, 1.165) is 42.7 Å². The van der Waals surface area contributed by atoms with E-state index in [1.165, 1.54) is 6.07 Å². The average Bonchev–Trinajstić information content (AvgIpc) is 2.52. The molecule has 1 saturated heterocycles. The number of amides is 1. The zero-order valence-electron chi connectivity index (χ0n) is 14.3. The number of benzene rings is 1. The third-order valence-electron chi connectivity index (χ3n) is 4.36. The van der Waals surface area contributed by atoms with Gasteiger partial charge < -0.3 is 19.0 Å². The predicted octanol–water partition coefficient (Wildman–Crippen LogP) is 1.56. The second-order valence-electron chi connectivity index (χ2n) is 6.36. The van der Waals surface area contributed by atoms with Gasteiger partial charge in [-0.15, -0.1) is 0 Å². The second-order valence-corrected chi connectivity index (χ2v) is 6.36.